The van der Waals surface area contributed by atoms with Crippen LogP contribution in [0.4, 0.5) is 0 Å². The van der Waals surface area contributed by atoms with E-state index < -0.39 is 10.0 Å². The van der Waals surface area contributed by atoms with Gasteiger partial charge in [0.2, 0.25) is 15.9 Å². The molecule has 1 aromatic carbocycles. The van der Waals surface area contributed by atoms with Crippen LogP contribution in [0.1, 0.15) is 40.4 Å². The first-order valence-corrected chi connectivity index (χ1v) is 11.1. The number of thiazole rings is 1. The largest absolute Gasteiger partial charge is 0.356 e. The minimum absolute atomic E-state index is 0.0133. The normalized spacial score (nSPS) is 14.0. The molecular formula is C18H23N3O3S2. The van der Waals surface area contributed by atoms with Crippen molar-refractivity contribution in [2.75, 3.05) is 6.54 Å². The Kier molecular flexibility index (Phi) is 6.05. The Morgan fingerprint density at radius 3 is 2.58 bits per heavy atom. The molecule has 3 N–H and O–H groups in total. The van der Waals surface area contributed by atoms with Gasteiger partial charge < -0.3 is 5.32 Å². The summed E-state index contributed by atoms with van der Waals surface area (Å²) in [6.07, 6.45) is 6.43. The van der Waals surface area contributed by atoms with Crippen molar-refractivity contribution in [2.45, 2.75) is 49.8 Å². The van der Waals surface area contributed by atoms with Crippen LogP contribution in [0.5, 0.6) is 0 Å². The Hall–Kier alpha value is -1.77. The molecule has 1 amide bonds. The number of carbonyl (C=O) groups is 1. The third-order valence-corrected chi connectivity index (χ3v) is 6.59. The number of hydrogen-bond donors (Lipinski definition) is 2. The van der Waals surface area contributed by atoms with Crippen LogP contribution in [0.3, 0.4) is 0 Å². The lowest BCUT2D eigenvalue weighted by atomic mass is 10.0. The van der Waals surface area contributed by atoms with Gasteiger partial charge in [-0.1, -0.05) is 12.1 Å². The van der Waals surface area contributed by atoms with E-state index in [1.807, 2.05) is 0 Å². The Morgan fingerprint density at radius 2 is 1.88 bits per heavy atom. The van der Waals surface area contributed by atoms with Crippen LogP contribution in [0.25, 0.3) is 0 Å². The van der Waals surface area contributed by atoms with Crippen LogP contribution in [0, 0.1) is 0 Å². The molecule has 1 aliphatic carbocycles. The zero-order chi connectivity index (χ0) is 18.6. The molecule has 0 unspecified atom stereocenters. The maximum atomic E-state index is 12.0. The first kappa shape index (κ1) is 19.0. The molecule has 0 atom stereocenters. The summed E-state index contributed by atoms with van der Waals surface area (Å²) in [7, 11) is -3.66. The maximum absolute atomic E-state index is 12.0. The summed E-state index contributed by atoms with van der Waals surface area (Å²) in [5.74, 6) is 0.0133. The van der Waals surface area contributed by atoms with Gasteiger partial charge >= 0.3 is 0 Å². The lowest BCUT2D eigenvalue weighted by Gasteiger charge is -2.06. The molecule has 0 spiro atoms. The third kappa shape index (κ3) is 5.12. The molecule has 1 aromatic heterocycles. The number of sulfonamides is 1. The number of nitrogens with one attached hydrogen (secondary N) is 1. The van der Waals surface area contributed by atoms with Crippen molar-refractivity contribution in [1.29, 1.82) is 0 Å². The van der Waals surface area contributed by atoms with Gasteiger partial charge in [-0.25, -0.2) is 18.5 Å². The van der Waals surface area contributed by atoms with E-state index in [1.54, 1.807) is 23.5 Å². The number of rotatable bonds is 7. The van der Waals surface area contributed by atoms with Crippen LogP contribution in [0.2, 0.25) is 0 Å². The molecule has 0 saturated carbocycles. The van der Waals surface area contributed by atoms with Gasteiger partial charge in [-0.05, 0) is 49.8 Å². The molecule has 3 rings (SSSR count). The van der Waals surface area contributed by atoms with E-state index in [4.69, 9.17) is 5.14 Å². The van der Waals surface area contributed by atoms with Crippen molar-refractivity contribution in [3.63, 3.8) is 0 Å². The van der Waals surface area contributed by atoms with Gasteiger partial charge in [-0.2, -0.15) is 0 Å². The van der Waals surface area contributed by atoms with Gasteiger partial charge in [0.05, 0.1) is 15.6 Å². The molecule has 6 nitrogen and oxygen atoms in total. The monoisotopic (exact) mass is 393 g/mol. The highest BCUT2D eigenvalue weighted by Gasteiger charge is 2.15. The molecule has 0 saturated heterocycles. The Balaban J connectivity index is 1.41. The first-order valence-electron chi connectivity index (χ1n) is 8.78. The topological polar surface area (TPSA) is 102 Å². The third-order valence-electron chi connectivity index (χ3n) is 4.44. The van der Waals surface area contributed by atoms with Crippen LogP contribution in [-0.4, -0.2) is 25.9 Å². The number of carbonyl (C=O) groups excluding carboxylic acids is 1. The fraction of sp³-hybridized carbons (Fsp3) is 0.444. The number of fused-ring (bicyclic) bond motifs is 1. The number of amides is 1. The van der Waals surface area contributed by atoms with Crippen LogP contribution in [-0.2, 0) is 40.5 Å². The number of nitrogens with two attached hydrogens (primary N) is 1. The van der Waals surface area contributed by atoms with Gasteiger partial charge in [0.15, 0.2) is 0 Å². The van der Waals surface area contributed by atoms with E-state index in [9.17, 15) is 13.2 Å². The number of nitrogens with zero attached hydrogens (tertiary/aromatic N) is 1. The van der Waals surface area contributed by atoms with Crippen molar-refractivity contribution < 1.29 is 13.2 Å². The summed E-state index contributed by atoms with van der Waals surface area (Å²) in [5.41, 5.74) is 2.19. The Bertz CT molecular complexity index is 850. The summed E-state index contributed by atoms with van der Waals surface area (Å²) < 4.78 is 22.4. The van der Waals surface area contributed by atoms with Crippen LogP contribution < -0.4 is 10.5 Å². The Morgan fingerprint density at radius 1 is 1.15 bits per heavy atom. The number of primary sulfonamides is 1. The molecule has 8 heteroatoms. The molecule has 1 aliphatic rings. The lowest BCUT2D eigenvalue weighted by Crippen LogP contribution is -2.25. The standard InChI is InChI=1S/C18H23N3O3S2/c19-26(23,24)14-7-5-13(6-8-14)11-12-20-17(22)9-10-18-21-15-3-1-2-4-16(15)25-18/h5-8H,1-4,9-12H2,(H,20,22)(H2,19,23,24). The molecule has 0 aliphatic heterocycles. The number of hydrogen-bond acceptors (Lipinski definition) is 5. The van der Waals surface area contributed by atoms with Crippen molar-refractivity contribution in [3.8, 4) is 0 Å². The lowest BCUT2D eigenvalue weighted by molar-refractivity contribution is -0.121. The summed E-state index contributed by atoms with van der Waals surface area (Å²) in [6.45, 7) is 0.516. The van der Waals surface area contributed by atoms with Crippen molar-refractivity contribution in [3.05, 3.63) is 45.4 Å². The van der Waals surface area contributed by atoms with E-state index >= 15 is 0 Å². The van der Waals surface area contributed by atoms with Crippen LogP contribution in [0.15, 0.2) is 29.2 Å². The maximum Gasteiger partial charge on any atom is 0.238 e. The second-order valence-corrected chi connectivity index (χ2v) is 9.20. The molecule has 0 radical (unpaired) electrons. The molecule has 1 heterocycles. The van der Waals surface area contributed by atoms with Crippen molar-refractivity contribution in [2.24, 2.45) is 5.14 Å². The van der Waals surface area contributed by atoms with E-state index in [-0.39, 0.29) is 10.8 Å². The first-order chi connectivity index (χ1) is 12.4. The minimum atomic E-state index is -3.66. The summed E-state index contributed by atoms with van der Waals surface area (Å²) in [6, 6.07) is 6.39. The summed E-state index contributed by atoms with van der Waals surface area (Å²) >= 11 is 1.75. The smallest absolute Gasteiger partial charge is 0.238 e. The molecule has 26 heavy (non-hydrogen) atoms. The average Bonchev–Trinajstić information content (AvgIpc) is 3.03. The van der Waals surface area contributed by atoms with Gasteiger partial charge in [-0.3, -0.25) is 4.79 Å². The van der Waals surface area contributed by atoms with Gasteiger partial charge in [0.25, 0.3) is 0 Å². The van der Waals surface area contributed by atoms with E-state index in [0.29, 0.717) is 25.8 Å². The summed E-state index contributed by atoms with van der Waals surface area (Å²) in [5, 5.41) is 9.03. The zero-order valence-electron chi connectivity index (χ0n) is 14.5. The SMILES string of the molecule is NS(=O)(=O)c1ccc(CCNC(=O)CCc2nc3c(s2)CCCC3)cc1. The minimum Gasteiger partial charge on any atom is -0.356 e. The predicted octanol–water partition coefficient (Wildman–Crippen LogP) is 1.96. The zero-order valence-corrected chi connectivity index (χ0v) is 16.2. The highest BCUT2D eigenvalue weighted by Crippen LogP contribution is 2.27. The fourth-order valence-electron chi connectivity index (χ4n) is 3.01. The summed E-state index contributed by atoms with van der Waals surface area (Å²) in [4.78, 5) is 18.2. The van der Waals surface area contributed by atoms with Crippen molar-refractivity contribution >= 4 is 27.3 Å². The second-order valence-electron chi connectivity index (χ2n) is 6.47. The molecule has 2 aromatic rings. The van der Waals surface area contributed by atoms with Crippen LogP contribution >= 0.6 is 11.3 Å². The number of aryl methyl sites for hydroxylation is 3. The van der Waals surface area contributed by atoms with E-state index in [0.717, 1.165) is 23.4 Å². The number of aromatic nitrogens is 1. The van der Waals surface area contributed by atoms with Gasteiger partial charge in [0, 0.05) is 24.3 Å². The van der Waals surface area contributed by atoms with E-state index in [1.165, 1.54) is 35.5 Å². The molecular weight excluding hydrogens is 370 g/mol. The highest BCUT2D eigenvalue weighted by molar-refractivity contribution is 7.89. The van der Waals surface area contributed by atoms with E-state index in [2.05, 4.69) is 10.3 Å². The average molecular weight is 394 g/mol. The second kappa shape index (κ2) is 8.28. The molecule has 140 valence electrons. The van der Waals surface area contributed by atoms with Crippen molar-refractivity contribution in [1.82, 2.24) is 10.3 Å². The predicted molar refractivity (Wildman–Crippen MR) is 102 cm³/mol. The van der Waals surface area contributed by atoms with Gasteiger partial charge in [0.1, 0.15) is 0 Å². The quantitative estimate of drug-likeness (QED) is 0.750. The van der Waals surface area contributed by atoms with Gasteiger partial charge in [-0.15, -0.1) is 11.3 Å². The fourth-order valence-corrected chi connectivity index (χ4v) is 4.69. The Labute approximate surface area is 157 Å². The number of benzene rings is 1. The molecule has 0 bridgehead atoms. The highest BCUT2D eigenvalue weighted by atomic mass is 32.2. The molecule has 0 fully saturated rings.